The Hall–Kier alpha value is -3.62. The number of amides is 1. The van der Waals surface area contributed by atoms with Crippen LogP contribution in [-0.4, -0.2) is 21.1 Å². The number of hydrogen-bond donors (Lipinski definition) is 2. The van der Waals surface area contributed by atoms with Gasteiger partial charge in [0.1, 0.15) is 6.04 Å². The molecule has 2 N–H and O–H groups in total. The van der Waals surface area contributed by atoms with E-state index in [1.165, 1.54) is 12.1 Å². The average molecular weight is 499 g/mol. The van der Waals surface area contributed by atoms with Crippen LogP contribution in [0.4, 0.5) is 13.2 Å². The van der Waals surface area contributed by atoms with Crippen LogP contribution in [0.3, 0.4) is 0 Å². The minimum Gasteiger partial charge on any atom is -0.423 e. The van der Waals surface area contributed by atoms with Crippen molar-refractivity contribution in [2.75, 3.05) is 0 Å². The van der Waals surface area contributed by atoms with Gasteiger partial charge in [-0.3, -0.25) is 4.79 Å². The van der Waals surface area contributed by atoms with Gasteiger partial charge in [0, 0.05) is 29.9 Å². The number of carbonyl (C=O) groups excluding carboxylic acids is 1. The van der Waals surface area contributed by atoms with E-state index in [0.717, 1.165) is 35.0 Å². The van der Waals surface area contributed by atoms with E-state index < -0.39 is 17.8 Å². The van der Waals surface area contributed by atoms with E-state index in [2.05, 4.69) is 41.3 Å². The van der Waals surface area contributed by atoms with Crippen LogP contribution >= 0.6 is 0 Å². The van der Waals surface area contributed by atoms with E-state index in [9.17, 15) is 18.0 Å². The molecule has 9 heteroatoms. The molecule has 0 saturated carbocycles. The Balaban J connectivity index is 1.53. The highest BCUT2D eigenvalue weighted by Gasteiger charge is 2.30. The summed E-state index contributed by atoms with van der Waals surface area (Å²) in [4.78, 5) is 16.1. The van der Waals surface area contributed by atoms with Crippen LogP contribution in [0.1, 0.15) is 61.7 Å². The topological polar surface area (TPSA) is 83.8 Å². The largest absolute Gasteiger partial charge is 0.423 e. The van der Waals surface area contributed by atoms with Crippen molar-refractivity contribution in [3.8, 4) is 0 Å². The second-order valence-electron chi connectivity index (χ2n) is 10.1. The van der Waals surface area contributed by atoms with Crippen molar-refractivity contribution in [1.82, 2.24) is 20.5 Å². The maximum Gasteiger partial charge on any atom is 0.416 e. The molecule has 1 atom stereocenters. The summed E-state index contributed by atoms with van der Waals surface area (Å²) in [5, 5.41) is 12.3. The van der Waals surface area contributed by atoms with E-state index in [0.29, 0.717) is 30.2 Å². The summed E-state index contributed by atoms with van der Waals surface area (Å²) in [6, 6.07) is 11.8. The molecule has 0 spiro atoms. The van der Waals surface area contributed by atoms with Gasteiger partial charge in [-0.2, -0.15) is 13.2 Å². The summed E-state index contributed by atoms with van der Waals surface area (Å²) < 4.78 is 44.5. The van der Waals surface area contributed by atoms with Crippen molar-refractivity contribution in [2.45, 2.75) is 58.7 Å². The standard InChI is InChI=1S/C27H29F3N4O2/c1-26(2,3)13-12-24-33-34-25(36-24)22(15-18-16-31-21-7-5-4-6-20(18)21)32-23(35)14-17-8-10-19(11-9-17)27(28,29)30/h4-11,16,22,31H,12-15H2,1-3H3,(H,32,35)/t22-/m0/s1. The van der Waals surface area contributed by atoms with E-state index in [4.69, 9.17) is 4.42 Å². The summed E-state index contributed by atoms with van der Waals surface area (Å²) in [6.45, 7) is 6.39. The third-order valence-corrected chi connectivity index (χ3v) is 5.95. The lowest BCUT2D eigenvalue weighted by atomic mass is 9.91. The molecule has 0 unspecified atom stereocenters. The first kappa shape index (κ1) is 25.5. The first-order valence-electron chi connectivity index (χ1n) is 11.8. The Morgan fingerprint density at radius 1 is 1.06 bits per heavy atom. The molecule has 4 rings (SSSR count). The number of carbonyl (C=O) groups is 1. The molecule has 1 amide bonds. The molecule has 36 heavy (non-hydrogen) atoms. The van der Waals surface area contributed by atoms with Crippen LogP contribution in [0.25, 0.3) is 10.9 Å². The predicted octanol–water partition coefficient (Wildman–Crippen LogP) is 6.19. The van der Waals surface area contributed by atoms with Crippen molar-refractivity contribution in [3.05, 3.63) is 83.2 Å². The molecule has 190 valence electrons. The molecule has 0 saturated heterocycles. The van der Waals surface area contributed by atoms with Crippen molar-refractivity contribution in [1.29, 1.82) is 0 Å². The number of alkyl halides is 3. The molecule has 6 nitrogen and oxygen atoms in total. The normalized spacial score (nSPS) is 13.2. The van der Waals surface area contributed by atoms with Crippen molar-refractivity contribution in [3.63, 3.8) is 0 Å². The zero-order valence-corrected chi connectivity index (χ0v) is 20.4. The van der Waals surface area contributed by atoms with Gasteiger partial charge in [-0.25, -0.2) is 0 Å². The number of hydrogen-bond acceptors (Lipinski definition) is 4. The molecule has 0 radical (unpaired) electrons. The minimum absolute atomic E-state index is 0.0759. The summed E-state index contributed by atoms with van der Waals surface area (Å²) in [5.41, 5.74) is 1.77. The first-order valence-corrected chi connectivity index (χ1v) is 11.8. The third kappa shape index (κ3) is 6.53. The fraction of sp³-hybridized carbons (Fsp3) is 0.370. The molecule has 0 aliphatic heterocycles. The van der Waals surface area contributed by atoms with Crippen molar-refractivity contribution < 1.29 is 22.4 Å². The number of para-hydroxylation sites is 1. The number of rotatable bonds is 8. The highest BCUT2D eigenvalue weighted by Crippen LogP contribution is 2.29. The summed E-state index contributed by atoms with van der Waals surface area (Å²) in [7, 11) is 0. The van der Waals surface area contributed by atoms with Crippen LogP contribution in [0.2, 0.25) is 0 Å². The fourth-order valence-corrected chi connectivity index (χ4v) is 3.95. The molecule has 0 fully saturated rings. The maximum absolute atomic E-state index is 12.9. The smallest absolute Gasteiger partial charge is 0.416 e. The lowest BCUT2D eigenvalue weighted by molar-refractivity contribution is -0.137. The van der Waals surface area contributed by atoms with Gasteiger partial charge in [0.05, 0.1) is 12.0 Å². The number of benzene rings is 2. The number of aromatic nitrogens is 3. The average Bonchev–Trinajstić information content (AvgIpc) is 3.44. The molecule has 4 aromatic rings. The second-order valence-corrected chi connectivity index (χ2v) is 10.1. The Kier molecular flexibility index (Phi) is 7.19. The molecule has 2 aromatic carbocycles. The van der Waals surface area contributed by atoms with Crippen LogP contribution in [-0.2, 0) is 30.2 Å². The van der Waals surface area contributed by atoms with E-state index in [-0.39, 0.29) is 17.7 Å². The molecule has 2 aromatic heterocycles. The Labute approximate surface area is 207 Å². The van der Waals surface area contributed by atoms with E-state index in [1.54, 1.807) is 0 Å². The van der Waals surface area contributed by atoms with Gasteiger partial charge in [0.25, 0.3) is 0 Å². The summed E-state index contributed by atoms with van der Waals surface area (Å²) >= 11 is 0. The van der Waals surface area contributed by atoms with Crippen molar-refractivity contribution in [2.24, 2.45) is 5.41 Å². The Morgan fingerprint density at radius 2 is 1.78 bits per heavy atom. The number of halogens is 3. The number of nitrogens with zero attached hydrogens (tertiary/aromatic N) is 2. The van der Waals surface area contributed by atoms with Crippen molar-refractivity contribution >= 4 is 16.8 Å². The molecule has 0 aliphatic rings. The minimum atomic E-state index is -4.42. The van der Waals surface area contributed by atoms with Gasteiger partial charge < -0.3 is 14.7 Å². The number of aromatic amines is 1. The fourth-order valence-electron chi connectivity index (χ4n) is 3.95. The lowest BCUT2D eigenvalue weighted by Crippen LogP contribution is -2.31. The number of fused-ring (bicyclic) bond motifs is 1. The Bertz CT molecular complexity index is 1320. The Morgan fingerprint density at radius 3 is 2.47 bits per heavy atom. The van der Waals surface area contributed by atoms with Gasteiger partial charge >= 0.3 is 6.18 Å². The van der Waals surface area contributed by atoms with E-state index >= 15 is 0 Å². The molecule has 0 bridgehead atoms. The highest BCUT2D eigenvalue weighted by molar-refractivity contribution is 5.83. The monoisotopic (exact) mass is 498 g/mol. The zero-order valence-electron chi connectivity index (χ0n) is 20.4. The molecule has 2 heterocycles. The van der Waals surface area contributed by atoms with Crippen LogP contribution in [0.5, 0.6) is 0 Å². The number of H-pyrrole nitrogens is 1. The van der Waals surface area contributed by atoms with Crippen LogP contribution in [0.15, 0.2) is 59.1 Å². The predicted molar refractivity (Wildman–Crippen MR) is 130 cm³/mol. The summed E-state index contributed by atoms with van der Waals surface area (Å²) in [5.74, 6) is 0.444. The quantitative estimate of drug-likeness (QED) is 0.303. The molecular formula is C27H29F3N4O2. The first-order chi connectivity index (χ1) is 17.0. The van der Waals surface area contributed by atoms with Crippen LogP contribution < -0.4 is 5.32 Å². The summed E-state index contributed by atoms with van der Waals surface area (Å²) in [6.07, 6.45) is -0.723. The van der Waals surface area contributed by atoms with Crippen LogP contribution in [0, 0.1) is 5.41 Å². The van der Waals surface area contributed by atoms with Gasteiger partial charge in [-0.05, 0) is 41.2 Å². The molecule has 0 aliphatic carbocycles. The number of aryl methyl sites for hydroxylation is 1. The van der Waals surface area contributed by atoms with Gasteiger partial charge in [-0.1, -0.05) is 51.1 Å². The van der Waals surface area contributed by atoms with Gasteiger partial charge in [-0.15, -0.1) is 10.2 Å². The lowest BCUT2D eigenvalue weighted by Gasteiger charge is -2.16. The third-order valence-electron chi connectivity index (χ3n) is 5.95. The maximum atomic E-state index is 12.9. The highest BCUT2D eigenvalue weighted by atomic mass is 19.4. The van der Waals surface area contributed by atoms with E-state index in [1.807, 2.05) is 30.5 Å². The SMILES string of the molecule is CC(C)(C)CCc1nnc([C@H](Cc2c[nH]c3ccccc23)NC(=O)Cc2ccc(C(F)(F)F)cc2)o1. The van der Waals surface area contributed by atoms with Gasteiger partial charge in [0.2, 0.25) is 17.7 Å². The molecular weight excluding hydrogens is 469 g/mol. The number of nitrogens with one attached hydrogen (secondary N) is 2. The van der Waals surface area contributed by atoms with Gasteiger partial charge in [0.15, 0.2) is 0 Å². The second kappa shape index (κ2) is 10.2. The zero-order chi connectivity index (χ0) is 25.9.